The lowest BCUT2D eigenvalue weighted by atomic mass is 9.67. The average Bonchev–Trinajstić information content (AvgIpc) is 2.91. The summed E-state index contributed by atoms with van der Waals surface area (Å²) < 4.78 is 0. The summed E-state index contributed by atoms with van der Waals surface area (Å²) in [5, 5.41) is 0. The van der Waals surface area contributed by atoms with Gasteiger partial charge in [-0.25, -0.2) is 9.97 Å². The number of hydrogen-bond acceptors (Lipinski definition) is 6. The van der Waals surface area contributed by atoms with E-state index >= 15 is 0 Å². The molecule has 2 N–H and O–H groups in total. The molecular formula is C28H30N6. The van der Waals surface area contributed by atoms with Crippen molar-refractivity contribution in [1.29, 1.82) is 0 Å². The highest BCUT2D eigenvalue weighted by Gasteiger charge is 2.36. The Balaban J connectivity index is 1.41. The van der Waals surface area contributed by atoms with Crippen LogP contribution in [0.5, 0.6) is 0 Å². The van der Waals surface area contributed by atoms with Crippen molar-refractivity contribution in [3.8, 4) is 0 Å². The normalized spacial score (nSPS) is 14.8. The minimum Gasteiger partial charge on any atom is -0.368 e. The molecule has 4 aromatic rings. The smallest absolute Gasteiger partial charge is 0.230 e. The maximum absolute atomic E-state index is 5.75. The first-order valence-corrected chi connectivity index (χ1v) is 11.8. The molecule has 6 heteroatoms. The highest BCUT2D eigenvalue weighted by atomic mass is 15.3. The number of nitrogens with zero attached hydrogens (tertiary/aromatic N) is 5. The van der Waals surface area contributed by atoms with E-state index in [1.54, 1.807) is 0 Å². The molecule has 6 nitrogen and oxygen atoms in total. The van der Waals surface area contributed by atoms with Gasteiger partial charge in [0.2, 0.25) is 11.9 Å². The summed E-state index contributed by atoms with van der Waals surface area (Å²) in [6.45, 7) is 4.66. The van der Waals surface area contributed by atoms with Crippen molar-refractivity contribution < 1.29 is 0 Å². The van der Waals surface area contributed by atoms with E-state index < -0.39 is 0 Å². The molecular weight excluding hydrogens is 420 g/mol. The van der Waals surface area contributed by atoms with Crippen molar-refractivity contribution in [2.24, 2.45) is 0 Å². The quantitative estimate of drug-likeness (QED) is 0.429. The maximum atomic E-state index is 5.75. The molecule has 2 heterocycles. The van der Waals surface area contributed by atoms with Crippen LogP contribution in [0.15, 0.2) is 97.3 Å². The highest BCUT2D eigenvalue weighted by Crippen LogP contribution is 2.42. The molecule has 0 unspecified atom stereocenters. The van der Waals surface area contributed by atoms with Gasteiger partial charge in [0.1, 0.15) is 6.33 Å². The summed E-state index contributed by atoms with van der Waals surface area (Å²) >= 11 is 0. The predicted octanol–water partition coefficient (Wildman–Crippen LogP) is 4.00. The Kier molecular flexibility index (Phi) is 6.49. The Labute approximate surface area is 201 Å². The second kappa shape index (κ2) is 10.0. The standard InChI is InChI=1S/C28H30N6/c29-26-30-22-31-27(32-26)34-20-18-33(19-21-34)17-16-28(23-10-4-1-5-11-23,24-12-6-2-7-13-24)25-14-8-3-9-15-25/h1-15,22H,16-21H2,(H2,29,30,31,32). The maximum Gasteiger partial charge on any atom is 0.230 e. The summed E-state index contributed by atoms with van der Waals surface area (Å²) in [6, 6.07) is 32.8. The second-order valence-electron chi connectivity index (χ2n) is 8.73. The van der Waals surface area contributed by atoms with Crippen LogP contribution in [0.25, 0.3) is 0 Å². The van der Waals surface area contributed by atoms with E-state index in [0.717, 1.165) is 39.1 Å². The van der Waals surface area contributed by atoms with Gasteiger partial charge in [-0.15, -0.1) is 0 Å². The number of rotatable bonds is 7. The minimum absolute atomic E-state index is 0.219. The Morgan fingerprint density at radius 1 is 0.676 bits per heavy atom. The molecule has 0 bridgehead atoms. The number of hydrogen-bond donors (Lipinski definition) is 1. The van der Waals surface area contributed by atoms with Crippen LogP contribution in [-0.2, 0) is 5.41 Å². The molecule has 5 rings (SSSR count). The van der Waals surface area contributed by atoms with Crippen LogP contribution in [0.1, 0.15) is 23.1 Å². The molecule has 1 aliphatic heterocycles. The van der Waals surface area contributed by atoms with Crippen LogP contribution in [-0.4, -0.2) is 52.6 Å². The fourth-order valence-corrected chi connectivity index (χ4v) is 5.05. The van der Waals surface area contributed by atoms with Gasteiger partial charge in [0.05, 0.1) is 0 Å². The van der Waals surface area contributed by atoms with Crippen LogP contribution in [0.2, 0.25) is 0 Å². The lowest BCUT2D eigenvalue weighted by Gasteiger charge is -2.40. The Morgan fingerprint density at radius 3 is 1.65 bits per heavy atom. The van der Waals surface area contributed by atoms with Crippen molar-refractivity contribution in [3.63, 3.8) is 0 Å². The molecule has 0 aliphatic carbocycles. The predicted molar refractivity (Wildman–Crippen MR) is 137 cm³/mol. The third-order valence-corrected chi connectivity index (χ3v) is 6.84. The summed E-state index contributed by atoms with van der Waals surface area (Å²) in [6.07, 6.45) is 2.47. The van der Waals surface area contributed by atoms with Crippen molar-refractivity contribution in [3.05, 3.63) is 114 Å². The fourth-order valence-electron chi connectivity index (χ4n) is 5.05. The molecule has 0 spiro atoms. The van der Waals surface area contributed by atoms with Crippen molar-refractivity contribution in [2.75, 3.05) is 43.4 Å². The average molecular weight is 451 g/mol. The summed E-state index contributed by atoms with van der Waals surface area (Å²) in [7, 11) is 0. The highest BCUT2D eigenvalue weighted by molar-refractivity contribution is 5.50. The van der Waals surface area contributed by atoms with Gasteiger partial charge in [-0.2, -0.15) is 4.98 Å². The third kappa shape index (κ3) is 4.50. The number of benzene rings is 3. The van der Waals surface area contributed by atoms with Gasteiger partial charge >= 0.3 is 0 Å². The molecule has 1 saturated heterocycles. The van der Waals surface area contributed by atoms with Crippen molar-refractivity contribution in [2.45, 2.75) is 11.8 Å². The molecule has 0 radical (unpaired) electrons. The molecule has 0 atom stereocenters. The number of piperazine rings is 1. The Hall–Kier alpha value is -3.77. The summed E-state index contributed by atoms with van der Waals surface area (Å²) in [4.78, 5) is 17.2. The van der Waals surface area contributed by atoms with E-state index in [9.17, 15) is 0 Å². The Bertz CT molecular complexity index is 1080. The first-order chi connectivity index (χ1) is 16.8. The SMILES string of the molecule is Nc1ncnc(N2CCN(CCC(c3ccccc3)(c3ccccc3)c3ccccc3)CC2)n1. The van der Waals surface area contributed by atoms with Gasteiger partial charge in [0.15, 0.2) is 0 Å². The first-order valence-electron chi connectivity index (χ1n) is 11.8. The van der Waals surface area contributed by atoms with E-state index in [2.05, 4.69) is 116 Å². The summed E-state index contributed by atoms with van der Waals surface area (Å²) in [5.41, 5.74) is 9.51. The van der Waals surface area contributed by atoms with E-state index in [0.29, 0.717) is 5.95 Å². The van der Waals surface area contributed by atoms with E-state index in [1.165, 1.54) is 23.0 Å². The second-order valence-corrected chi connectivity index (χ2v) is 8.73. The van der Waals surface area contributed by atoms with E-state index in [4.69, 9.17) is 5.73 Å². The molecule has 172 valence electrons. The van der Waals surface area contributed by atoms with Crippen LogP contribution in [0.3, 0.4) is 0 Å². The van der Waals surface area contributed by atoms with Crippen LogP contribution < -0.4 is 10.6 Å². The largest absolute Gasteiger partial charge is 0.368 e. The van der Waals surface area contributed by atoms with E-state index in [-0.39, 0.29) is 11.4 Å². The van der Waals surface area contributed by atoms with E-state index in [1.807, 2.05) is 0 Å². The van der Waals surface area contributed by atoms with Gasteiger partial charge in [0, 0.05) is 31.6 Å². The first kappa shape index (κ1) is 22.0. The zero-order valence-electron chi connectivity index (χ0n) is 19.3. The number of nitrogen functional groups attached to an aromatic ring is 1. The minimum atomic E-state index is -0.219. The zero-order chi connectivity index (χ0) is 23.2. The van der Waals surface area contributed by atoms with Crippen LogP contribution >= 0.6 is 0 Å². The van der Waals surface area contributed by atoms with Crippen molar-refractivity contribution >= 4 is 11.9 Å². The third-order valence-electron chi connectivity index (χ3n) is 6.84. The molecule has 1 aromatic heterocycles. The lowest BCUT2D eigenvalue weighted by molar-refractivity contribution is 0.241. The van der Waals surface area contributed by atoms with Gasteiger partial charge in [-0.3, -0.25) is 4.90 Å². The molecule has 34 heavy (non-hydrogen) atoms. The molecule has 0 saturated carbocycles. The number of nitrogens with two attached hydrogens (primary N) is 1. The summed E-state index contributed by atoms with van der Waals surface area (Å²) in [5.74, 6) is 0.935. The fraction of sp³-hybridized carbons (Fsp3) is 0.250. The van der Waals surface area contributed by atoms with Crippen molar-refractivity contribution in [1.82, 2.24) is 19.9 Å². The number of anilines is 2. The molecule has 1 fully saturated rings. The monoisotopic (exact) mass is 450 g/mol. The number of aromatic nitrogens is 3. The van der Waals surface area contributed by atoms with Gasteiger partial charge in [-0.05, 0) is 29.7 Å². The van der Waals surface area contributed by atoms with Crippen LogP contribution in [0.4, 0.5) is 11.9 Å². The van der Waals surface area contributed by atoms with Crippen LogP contribution in [0, 0.1) is 0 Å². The topological polar surface area (TPSA) is 71.2 Å². The van der Waals surface area contributed by atoms with Gasteiger partial charge in [-0.1, -0.05) is 91.0 Å². The zero-order valence-corrected chi connectivity index (χ0v) is 19.3. The molecule has 0 amide bonds. The molecule has 3 aromatic carbocycles. The Morgan fingerprint density at radius 2 is 1.18 bits per heavy atom. The molecule has 1 aliphatic rings. The lowest BCUT2D eigenvalue weighted by Crippen LogP contribution is -2.48. The van der Waals surface area contributed by atoms with Gasteiger partial charge < -0.3 is 10.6 Å². The van der Waals surface area contributed by atoms with Gasteiger partial charge in [0.25, 0.3) is 0 Å².